The first-order valence-corrected chi connectivity index (χ1v) is 9.74. The number of urea groups is 1. The van der Waals surface area contributed by atoms with Gasteiger partial charge in [-0.05, 0) is 12.1 Å². The molecule has 1 aliphatic rings. The molecule has 3 atom stereocenters. The van der Waals surface area contributed by atoms with Crippen molar-refractivity contribution in [1.82, 2.24) is 10.6 Å². The predicted molar refractivity (Wildman–Crippen MR) is 109 cm³/mol. The minimum atomic E-state index is -0.507. The summed E-state index contributed by atoms with van der Waals surface area (Å²) in [6.07, 6.45) is 1.90. The van der Waals surface area contributed by atoms with E-state index in [0.29, 0.717) is 0 Å². The summed E-state index contributed by atoms with van der Waals surface area (Å²) in [4.78, 5) is 26.0. The van der Waals surface area contributed by atoms with E-state index >= 15 is 0 Å². The summed E-state index contributed by atoms with van der Waals surface area (Å²) in [5.41, 5.74) is 1.91. The molecule has 2 aromatic carbocycles. The molecule has 154 valence electrons. The standard InChI is InChI=1S/C22H27N3O4/c1-23-22(27)24-21(26)20(15-8-5-4-6-9-15)25-13-7-10-18(25)17-12-11-16(28-2)14-19(17)29-3/h4-6,8-9,11-12,14,18,20H,7,10,13H2,1-3H3,(H2,23,24,26,27)/p+1/t18-,20+/m1/s1. The van der Waals surface area contributed by atoms with Crippen molar-refractivity contribution in [2.45, 2.75) is 24.9 Å². The van der Waals surface area contributed by atoms with Crippen molar-refractivity contribution in [3.05, 3.63) is 59.7 Å². The van der Waals surface area contributed by atoms with Gasteiger partial charge in [-0.25, -0.2) is 4.79 Å². The molecule has 0 aromatic heterocycles. The number of ether oxygens (including phenoxy) is 2. The topological polar surface area (TPSA) is 81.1 Å². The Labute approximate surface area is 171 Å². The van der Waals surface area contributed by atoms with Crippen LogP contribution >= 0.6 is 0 Å². The van der Waals surface area contributed by atoms with Crippen LogP contribution in [0.5, 0.6) is 11.5 Å². The Bertz CT molecular complexity index is 856. The molecule has 3 N–H and O–H groups in total. The molecule has 7 nitrogen and oxygen atoms in total. The van der Waals surface area contributed by atoms with Gasteiger partial charge in [-0.2, -0.15) is 0 Å². The van der Waals surface area contributed by atoms with E-state index in [0.717, 1.165) is 46.9 Å². The average Bonchev–Trinajstić information content (AvgIpc) is 3.22. The van der Waals surface area contributed by atoms with Crippen molar-refractivity contribution in [3.63, 3.8) is 0 Å². The maximum Gasteiger partial charge on any atom is 0.321 e. The lowest BCUT2D eigenvalue weighted by Gasteiger charge is -2.30. The molecule has 29 heavy (non-hydrogen) atoms. The summed E-state index contributed by atoms with van der Waals surface area (Å²) < 4.78 is 10.9. The highest BCUT2D eigenvalue weighted by Gasteiger charge is 2.42. The zero-order valence-electron chi connectivity index (χ0n) is 17.0. The minimum Gasteiger partial charge on any atom is -0.497 e. The fourth-order valence-electron chi connectivity index (χ4n) is 4.10. The van der Waals surface area contributed by atoms with Crippen LogP contribution < -0.4 is 25.0 Å². The lowest BCUT2D eigenvalue weighted by atomic mass is 9.98. The van der Waals surface area contributed by atoms with Crippen LogP contribution in [-0.4, -0.2) is 39.8 Å². The molecule has 3 rings (SSSR count). The third-order valence-corrected chi connectivity index (χ3v) is 5.45. The Morgan fingerprint density at radius 3 is 2.52 bits per heavy atom. The SMILES string of the molecule is CNC(=O)NC(=O)[C@H](c1ccccc1)[NH+]1CCC[C@@H]1c1ccc(OC)cc1OC. The monoisotopic (exact) mass is 398 g/mol. The van der Waals surface area contributed by atoms with Crippen LogP contribution in [0.15, 0.2) is 48.5 Å². The van der Waals surface area contributed by atoms with Gasteiger partial charge in [0.05, 0.1) is 26.3 Å². The Morgan fingerprint density at radius 2 is 1.86 bits per heavy atom. The maximum absolute atomic E-state index is 13.1. The quantitative estimate of drug-likeness (QED) is 0.691. The third kappa shape index (κ3) is 4.51. The van der Waals surface area contributed by atoms with E-state index in [2.05, 4.69) is 10.6 Å². The molecule has 1 saturated heterocycles. The van der Waals surface area contributed by atoms with Gasteiger partial charge in [0.1, 0.15) is 17.5 Å². The van der Waals surface area contributed by atoms with Crippen LogP contribution in [-0.2, 0) is 4.79 Å². The van der Waals surface area contributed by atoms with Gasteiger partial charge in [-0.3, -0.25) is 10.1 Å². The number of nitrogens with one attached hydrogen (secondary N) is 3. The van der Waals surface area contributed by atoms with Gasteiger partial charge in [0.15, 0.2) is 6.04 Å². The molecule has 0 aliphatic carbocycles. The van der Waals surface area contributed by atoms with E-state index in [1.807, 2.05) is 48.5 Å². The summed E-state index contributed by atoms with van der Waals surface area (Å²) >= 11 is 0. The van der Waals surface area contributed by atoms with E-state index in [1.165, 1.54) is 7.05 Å². The summed E-state index contributed by atoms with van der Waals surface area (Å²) in [6.45, 7) is 0.820. The van der Waals surface area contributed by atoms with Crippen molar-refractivity contribution in [2.24, 2.45) is 0 Å². The molecular formula is C22H28N3O4+. The summed E-state index contributed by atoms with van der Waals surface area (Å²) in [5.74, 6) is 1.15. The van der Waals surface area contributed by atoms with Crippen molar-refractivity contribution in [1.29, 1.82) is 0 Å². The molecule has 3 amide bonds. The van der Waals surface area contributed by atoms with E-state index in [-0.39, 0.29) is 11.9 Å². The Kier molecular flexibility index (Phi) is 6.72. The zero-order chi connectivity index (χ0) is 20.8. The van der Waals surface area contributed by atoms with Crippen molar-refractivity contribution < 1.29 is 24.0 Å². The highest BCUT2D eigenvalue weighted by Crippen LogP contribution is 2.33. The molecule has 0 spiro atoms. The van der Waals surface area contributed by atoms with Gasteiger partial charge >= 0.3 is 6.03 Å². The number of hydrogen-bond acceptors (Lipinski definition) is 4. The Hall–Kier alpha value is -3.06. The van der Waals surface area contributed by atoms with Crippen LogP contribution in [0.4, 0.5) is 4.79 Å². The summed E-state index contributed by atoms with van der Waals surface area (Å²) in [5, 5.41) is 4.92. The summed E-state index contributed by atoms with van der Waals surface area (Å²) in [7, 11) is 4.75. The highest BCUT2D eigenvalue weighted by molar-refractivity contribution is 5.96. The Morgan fingerprint density at radius 1 is 1.10 bits per heavy atom. The van der Waals surface area contributed by atoms with Crippen molar-refractivity contribution in [3.8, 4) is 11.5 Å². The predicted octanol–water partition coefficient (Wildman–Crippen LogP) is 1.62. The van der Waals surface area contributed by atoms with Crippen LogP contribution in [0.25, 0.3) is 0 Å². The lowest BCUT2D eigenvalue weighted by Crippen LogP contribution is -3.11. The number of carbonyl (C=O) groups excluding carboxylic acids is 2. The minimum absolute atomic E-state index is 0.0662. The average molecular weight is 398 g/mol. The van der Waals surface area contributed by atoms with E-state index in [4.69, 9.17) is 9.47 Å². The number of likely N-dealkylation sites (tertiary alicyclic amines) is 1. The molecule has 1 heterocycles. The van der Waals surface area contributed by atoms with Gasteiger partial charge in [0.25, 0.3) is 5.91 Å². The highest BCUT2D eigenvalue weighted by atomic mass is 16.5. The molecule has 2 aromatic rings. The van der Waals surface area contributed by atoms with Crippen LogP contribution in [0, 0.1) is 0 Å². The second kappa shape index (κ2) is 9.43. The third-order valence-electron chi connectivity index (χ3n) is 5.45. The second-order valence-corrected chi connectivity index (χ2v) is 7.04. The smallest absolute Gasteiger partial charge is 0.321 e. The molecular weight excluding hydrogens is 370 g/mol. The van der Waals surface area contributed by atoms with Gasteiger partial charge in [-0.1, -0.05) is 30.3 Å². The van der Waals surface area contributed by atoms with E-state index < -0.39 is 12.1 Å². The molecule has 1 unspecified atom stereocenters. The first-order chi connectivity index (χ1) is 14.1. The molecule has 0 saturated carbocycles. The number of imide groups is 1. The van der Waals surface area contributed by atoms with Gasteiger partial charge in [0, 0.05) is 31.5 Å². The lowest BCUT2D eigenvalue weighted by molar-refractivity contribution is -0.940. The van der Waals surface area contributed by atoms with Crippen LogP contribution in [0.1, 0.15) is 36.1 Å². The van der Waals surface area contributed by atoms with Crippen molar-refractivity contribution >= 4 is 11.9 Å². The summed E-state index contributed by atoms with van der Waals surface area (Å²) in [6, 6.07) is 14.4. The van der Waals surface area contributed by atoms with Crippen LogP contribution in [0.2, 0.25) is 0 Å². The first-order valence-electron chi connectivity index (χ1n) is 9.74. The zero-order valence-corrected chi connectivity index (χ0v) is 17.0. The van der Waals surface area contributed by atoms with E-state index in [1.54, 1.807) is 14.2 Å². The van der Waals surface area contributed by atoms with E-state index in [9.17, 15) is 9.59 Å². The second-order valence-electron chi connectivity index (χ2n) is 7.04. The largest absolute Gasteiger partial charge is 0.497 e. The Balaban J connectivity index is 1.99. The molecule has 7 heteroatoms. The number of rotatable bonds is 6. The number of quaternary nitrogens is 1. The van der Waals surface area contributed by atoms with Gasteiger partial charge < -0.3 is 19.7 Å². The fraction of sp³-hybridized carbons (Fsp3) is 0.364. The molecule has 1 fully saturated rings. The van der Waals surface area contributed by atoms with Crippen LogP contribution in [0.3, 0.4) is 0 Å². The van der Waals surface area contributed by atoms with Gasteiger partial charge in [-0.15, -0.1) is 0 Å². The number of hydrogen-bond donors (Lipinski definition) is 3. The molecule has 1 aliphatic heterocycles. The fourth-order valence-corrected chi connectivity index (χ4v) is 4.10. The number of amides is 3. The molecule has 0 radical (unpaired) electrons. The van der Waals surface area contributed by atoms with Crippen molar-refractivity contribution in [2.75, 3.05) is 27.8 Å². The number of methoxy groups -OCH3 is 2. The number of benzene rings is 2. The maximum atomic E-state index is 13.1. The number of carbonyl (C=O) groups is 2. The first kappa shape index (κ1) is 20.7. The molecule has 0 bridgehead atoms. The van der Waals surface area contributed by atoms with Gasteiger partial charge in [0.2, 0.25) is 0 Å². The normalized spacial score (nSPS) is 19.3.